The van der Waals surface area contributed by atoms with Crippen molar-refractivity contribution in [2.24, 2.45) is 0 Å². The van der Waals surface area contributed by atoms with Crippen molar-refractivity contribution in [3.8, 4) is 0 Å². The predicted molar refractivity (Wildman–Crippen MR) is 139 cm³/mol. The van der Waals surface area contributed by atoms with Crippen LogP contribution in [0.25, 0.3) is 0 Å². The summed E-state index contributed by atoms with van der Waals surface area (Å²) in [5, 5.41) is 5.82. The molecule has 2 N–H and O–H groups in total. The monoisotopic (exact) mass is 502 g/mol. The van der Waals surface area contributed by atoms with Gasteiger partial charge in [-0.1, -0.05) is 54.2 Å². The molecule has 0 spiro atoms. The average molecular weight is 503 g/mol. The van der Waals surface area contributed by atoms with Gasteiger partial charge in [0.1, 0.15) is 11.6 Å². The first-order valence-electron chi connectivity index (χ1n) is 11.3. The Morgan fingerprint density at radius 1 is 0.722 bits per heavy atom. The highest BCUT2D eigenvalue weighted by atomic mass is 32.2. The summed E-state index contributed by atoms with van der Waals surface area (Å²) >= 11 is 1.52. The number of anilines is 2. The van der Waals surface area contributed by atoms with Gasteiger partial charge in [0.2, 0.25) is 11.8 Å². The minimum Gasteiger partial charge on any atom is -0.326 e. The van der Waals surface area contributed by atoms with Crippen LogP contribution in [0.15, 0.2) is 101 Å². The van der Waals surface area contributed by atoms with Crippen LogP contribution in [0.2, 0.25) is 0 Å². The first-order chi connectivity index (χ1) is 17.4. The number of carbonyl (C=O) groups is 2. The molecule has 0 saturated heterocycles. The summed E-state index contributed by atoms with van der Waals surface area (Å²) in [6.45, 7) is 1.91. The maximum Gasteiger partial charge on any atom is 0.228 e. The van der Waals surface area contributed by atoms with E-state index in [-0.39, 0.29) is 36.3 Å². The molecule has 4 aromatic rings. The normalized spacial score (nSPS) is 10.6. The summed E-state index contributed by atoms with van der Waals surface area (Å²) in [5.74, 6) is -1.23. The summed E-state index contributed by atoms with van der Waals surface area (Å²) in [5.41, 5.74) is 3.33. The second-order valence-electron chi connectivity index (χ2n) is 8.26. The van der Waals surface area contributed by atoms with E-state index in [0.717, 1.165) is 15.4 Å². The Morgan fingerprint density at radius 3 is 1.81 bits per heavy atom. The van der Waals surface area contributed by atoms with E-state index >= 15 is 0 Å². The van der Waals surface area contributed by atoms with Gasteiger partial charge < -0.3 is 10.6 Å². The number of nitrogens with one attached hydrogen (secondary N) is 2. The van der Waals surface area contributed by atoms with Crippen LogP contribution in [-0.2, 0) is 22.4 Å². The molecular formula is C29H24F2N2O2S. The number of rotatable bonds is 8. The minimum atomic E-state index is -0.360. The highest BCUT2D eigenvalue weighted by Gasteiger charge is 2.14. The molecule has 0 saturated carbocycles. The second kappa shape index (κ2) is 11.6. The van der Waals surface area contributed by atoms with E-state index in [4.69, 9.17) is 0 Å². The Hall–Kier alpha value is -3.97. The quantitative estimate of drug-likeness (QED) is 0.279. The molecule has 0 heterocycles. The van der Waals surface area contributed by atoms with E-state index in [2.05, 4.69) is 10.6 Å². The molecule has 182 valence electrons. The summed E-state index contributed by atoms with van der Waals surface area (Å²) in [6, 6.07) is 24.9. The number of hydrogen-bond acceptors (Lipinski definition) is 3. The van der Waals surface area contributed by atoms with Gasteiger partial charge in [-0.2, -0.15) is 0 Å². The number of benzene rings is 4. The SMILES string of the molecule is Cc1c(NC(=O)Cc2ccc(F)cc2)cc(NC(=O)Cc2ccc(F)cc2)cc1Sc1ccccc1. The van der Waals surface area contributed by atoms with Gasteiger partial charge in [0.15, 0.2) is 0 Å². The van der Waals surface area contributed by atoms with Crippen molar-refractivity contribution in [2.45, 2.75) is 29.6 Å². The number of carbonyl (C=O) groups excluding carboxylic acids is 2. The van der Waals surface area contributed by atoms with Crippen molar-refractivity contribution in [1.82, 2.24) is 0 Å². The summed E-state index contributed by atoms with van der Waals surface area (Å²) < 4.78 is 26.4. The molecule has 4 rings (SSSR count). The van der Waals surface area contributed by atoms with Crippen molar-refractivity contribution >= 4 is 35.0 Å². The van der Waals surface area contributed by atoms with Gasteiger partial charge in [-0.25, -0.2) is 8.78 Å². The Bertz CT molecular complexity index is 1360. The third-order valence-corrected chi connectivity index (χ3v) is 6.60. The highest BCUT2D eigenvalue weighted by molar-refractivity contribution is 7.99. The van der Waals surface area contributed by atoms with Gasteiger partial charge in [0.25, 0.3) is 0 Å². The lowest BCUT2D eigenvalue weighted by molar-refractivity contribution is -0.116. The number of halogens is 2. The van der Waals surface area contributed by atoms with Crippen LogP contribution in [0.1, 0.15) is 16.7 Å². The first-order valence-corrected chi connectivity index (χ1v) is 12.1. The lowest BCUT2D eigenvalue weighted by Crippen LogP contribution is -2.17. The van der Waals surface area contributed by atoms with Gasteiger partial charge in [0, 0.05) is 21.2 Å². The predicted octanol–water partition coefficient (Wildman–Crippen LogP) is 6.79. The van der Waals surface area contributed by atoms with Crippen LogP contribution in [0.4, 0.5) is 20.2 Å². The zero-order valence-electron chi connectivity index (χ0n) is 19.6. The molecule has 0 unspecified atom stereocenters. The maximum atomic E-state index is 13.2. The lowest BCUT2D eigenvalue weighted by atomic mass is 10.1. The van der Waals surface area contributed by atoms with Crippen molar-refractivity contribution in [3.63, 3.8) is 0 Å². The van der Waals surface area contributed by atoms with Crippen molar-refractivity contribution < 1.29 is 18.4 Å². The molecule has 0 aliphatic carbocycles. The van der Waals surface area contributed by atoms with Crippen LogP contribution in [0.5, 0.6) is 0 Å². The molecule has 0 aliphatic heterocycles. The van der Waals surface area contributed by atoms with Gasteiger partial charge in [-0.15, -0.1) is 0 Å². The van der Waals surface area contributed by atoms with Crippen molar-refractivity contribution in [1.29, 1.82) is 0 Å². The Labute approximate surface area is 212 Å². The number of hydrogen-bond donors (Lipinski definition) is 2. The van der Waals surface area contributed by atoms with E-state index in [1.807, 2.05) is 43.3 Å². The first kappa shape index (κ1) is 25.1. The summed E-state index contributed by atoms with van der Waals surface area (Å²) in [6.07, 6.45) is 0.170. The summed E-state index contributed by atoms with van der Waals surface area (Å²) in [4.78, 5) is 27.3. The van der Waals surface area contributed by atoms with Gasteiger partial charge in [0.05, 0.1) is 12.8 Å². The van der Waals surface area contributed by atoms with Gasteiger partial charge in [-0.3, -0.25) is 9.59 Å². The second-order valence-corrected chi connectivity index (χ2v) is 9.38. The Balaban J connectivity index is 1.56. The van der Waals surface area contributed by atoms with E-state index in [1.165, 1.54) is 36.0 Å². The Morgan fingerprint density at radius 2 is 1.25 bits per heavy atom. The molecule has 7 heteroatoms. The van der Waals surface area contributed by atoms with Crippen LogP contribution in [-0.4, -0.2) is 11.8 Å². The Kier molecular flexibility index (Phi) is 8.13. The standard InChI is InChI=1S/C29H24F2N2O2S/c1-19-26(33-29(35)16-21-9-13-23(31)14-10-21)17-24(18-27(19)36-25-5-3-2-4-6-25)32-28(34)15-20-7-11-22(30)12-8-20/h2-14,17-18H,15-16H2,1H3,(H,32,34)(H,33,35). The third-order valence-electron chi connectivity index (χ3n) is 5.44. The molecule has 0 fully saturated rings. The van der Waals surface area contributed by atoms with E-state index in [9.17, 15) is 18.4 Å². The van der Waals surface area contributed by atoms with Crippen LogP contribution < -0.4 is 10.6 Å². The number of amides is 2. The van der Waals surface area contributed by atoms with Gasteiger partial charge >= 0.3 is 0 Å². The fourth-order valence-corrected chi connectivity index (χ4v) is 4.58. The smallest absolute Gasteiger partial charge is 0.228 e. The molecule has 0 aromatic heterocycles. The van der Waals surface area contributed by atoms with Crippen molar-refractivity contribution in [2.75, 3.05) is 10.6 Å². The van der Waals surface area contributed by atoms with Crippen LogP contribution in [0, 0.1) is 18.6 Å². The lowest BCUT2D eigenvalue weighted by Gasteiger charge is -2.16. The minimum absolute atomic E-state index is 0.0849. The van der Waals surface area contributed by atoms with Crippen molar-refractivity contribution in [3.05, 3.63) is 119 Å². The molecular weight excluding hydrogens is 478 g/mol. The topological polar surface area (TPSA) is 58.2 Å². The zero-order valence-corrected chi connectivity index (χ0v) is 20.4. The molecule has 0 radical (unpaired) electrons. The fraction of sp³-hybridized carbons (Fsp3) is 0.103. The molecule has 2 amide bonds. The maximum absolute atomic E-state index is 13.2. The third kappa shape index (κ3) is 7.02. The fourth-order valence-electron chi connectivity index (χ4n) is 3.59. The molecule has 0 aliphatic rings. The van der Waals surface area contributed by atoms with E-state index in [1.54, 1.807) is 30.3 Å². The molecule has 4 aromatic carbocycles. The van der Waals surface area contributed by atoms with Crippen LogP contribution in [0.3, 0.4) is 0 Å². The van der Waals surface area contributed by atoms with E-state index < -0.39 is 0 Å². The van der Waals surface area contributed by atoms with E-state index in [0.29, 0.717) is 22.5 Å². The average Bonchev–Trinajstić information content (AvgIpc) is 2.85. The molecule has 0 bridgehead atoms. The molecule has 36 heavy (non-hydrogen) atoms. The highest BCUT2D eigenvalue weighted by Crippen LogP contribution is 2.36. The van der Waals surface area contributed by atoms with Gasteiger partial charge in [-0.05, 0) is 72.1 Å². The summed E-state index contributed by atoms with van der Waals surface area (Å²) in [7, 11) is 0. The molecule has 4 nitrogen and oxygen atoms in total. The van der Waals surface area contributed by atoms with Crippen LogP contribution >= 0.6 is 11.8 Å². The zero-order chi connectivity index (χ0) is 25.5. The molecule has 0 atom stereocenters. The largest absolute Gasteiger partial charge is 0.326 e.